The SMILES string of the molecule is O=C=C1C=CC(C(C2=CCC(=C=O)C=C2)C(C2=CCC(=C=O)C=C2)C2=CCC(=C=O)C=C2)=CC1. The third kappa shape index (κ3) is 4.87. The lowest BCUT2D eigenvalue weighted by Gasteiger charge is -2.34. The molecule has 0 fully saturated rings. The molecule has 0 saturated carbocycles. The molecule has 0 saturated heterocycles. The first-order chi connectivity index (χ1) is 16.7. The van der Waals surface area contributed by atoms with Gasteiger partial charge in [0.15, 0.2) is 0 Å². The van der Waals surface area contributed by atoms with E-state index in [0.29, 0.717) is 48.0 Å². The Labute approximate surface area is 198 Å². The molecule has 4 aliphatic rings. The van der Waals surface area contributed by atoms with E-state index in [-0.39, 0.29) is 11.8 Å². The zero-order valence-corrected chi connectivity index (χ0v) is 18.5. The Hall–Kier alpha value is -4.28. The Kier molecular flexibility index (Phi) is 7.11. The highest BCUT2D eigenvalue weighted by molar-refractivity contribution is 5.65. The summed E-state index contributed by atoms with van der Waals surface area (Å²) in [5, 5.41) is 0. The molecule has 4 rings (SSSR count). The van der Waals surface area contributed by atoms with Crippen molar-refractivity contribution in [3.8, 4) is 0 Å². The Balaban J connectivity index is 1.84. The Bertz CT molecular complexity index is 1150. The van der Waals surface area contributed by atoms with Gasteiger partial charge in [0.2, 0.25) is 0 Å². The van der Waals surface area contributed by atoms with Gasteiger partial charge in [0.1, 0.15) is 23.8 Å². The maximum atomic E-state index is 11.1. The van der Waals surface area contributed by atoms with Gasteiger partial charge in [0.25, 0.3) is 0 Å². The van der Waals surface area contributed by atoms with Crippen molar-refractivity contribution in [3.63, 3.8) is 0 Å². The average Bonchev–Trinajstić information content (AvgIpc) is 2.92. The number of allylic oxidation sites excluding steroid dienone is 20. The molecule has 34 heavy (non-hydrogen) atoms. The van der Waals surface area contributed by atoms with Crippen molar-refractivity contribution in [2.24, 2.45) is 11.8 Å². The number of rotatable bonds is 5. The molecule has 166 valence electrons. The fraction of sp³-hybridized carbons (Fsp3) is 0.200. The standard InChI is InChI=1S/C30H22O4/c31-17-21-1-9-25(10-2-21)29(26-11-3-22(18-32)4-12-26)30(27-13-5-23(19-33)6-14-27)28-15-7-24(20-34)8-16-28/h1,3,5,7,9-16,29-30H,2,4,6,8H2. The van der Waals surface area contributed by atoms with Gasteiger partial charge in [-0.3, -0.25) is 0 Å². The second-order valence-electron chi connectivity index (χ2n) is 8.43. The van der Waals surface area contributed by atoms with Gasteiger partial charge in [-0.15, -0.1) is 0 Å². The van der Waals surface area contributed by atoms with Gasteiger partial charge in [-0.1, -0.05) is 48.6 Å². The lowest BCUT2D eigenvalue weighted by atomic mass is 9.69. The molecule has 0 aromatic heterocycles. The van der Waals surface area contributed by atoms with Crippen molar-refractivity contribution >= 4 is 23.8 Å². The van der Waals surface area contributed by atoms with Gasteiger partial charge in [-0.05, 0) is 46.6 Å². The quantitative estimate of drug-likeness (QED) is 0.569. The Morgan fingerprint density at radius 1 is 0.412 bits per heavy atom. The lowest BCUT2D eigenvalue weighted by molar-refractivity contribution is 0.563. The average molecular weight is 447 g/mol. The van der Waals surface area contributed by atoms with Crippen LogP contribution < -0.4 is 0 Å². The van der Waals surface area contributed by atoms with E-state index in [1.54, 1.807) is 24.3 Å². The predicted molar refractivity (Wildman–Crippen MR) is 131 cm³/mol. The minimum Gasteiger partial charge on any atom is -0.233 e. The smallest absolute Gasteiger partial charge is 0.128 e. The molecule has 4 nitrogen and oxygen atoms in total. The van der Waals surface area contributed by atoms with Crippen LogP contribution in [-0.4, -0.2) is 23.8 Å². The van der Waals surface area contributed by atoms with Gasteiger partial charge in [-0.25, -0.2) is 19.2 Å². The van der Waals surface area contributed by atoms with Crippen LogP contribution in [0.2, 0.25) is 0 Å². The van der Waals surface area contributed by atoms with Crippen molar-refractivity contribution in [2.75, 3.05) is 0 Å². The summed E-state index contributed by atoms with van der Waals surface area (Å²) < 4.78 is 0. The van der Waals surface area contributed by atoms with Crippen LogP contribution in [-0.2, 0) is 19.2 Å². The zero-order valence-electron chi connectivity index (χ0n) is 18.5. The normalized spacial score (nSPS) is 20.8. The van der Waals surface area contributed by atoms with E-state index in [9.17, 15) is 19.2 Å². The summed E-state index contributed by atoms with van der Waals surface area (Å²) >= 11 is 0. The molecule has 0 radical (unpaired) electrons. The second kappa shape index (κ2) is 10.6. The van der Waals surface area contributed by atoms with Crippen molar-refractivity contribution in [2.45, 2.75) is 25.7 Å². The molecule has 4 aliphatic carbocycles. The first-order valence-corrected chi connectivity index (χ1v) is 11.1. The summed E-state index contributed by atoms with van der Waals surface area (Å²) in [7, 11) is 0. The molecule has 0 spiro atoms. The molecular formula is C30H22O4. The molecule has 4 heteroatoms. The highest BCUT2D eigenvalue weighted by Gasteiger charge is 2.33. The maximum Gasteiger partial charge on any atom is 0.128 e. The van der Waals surface area contributed by atoms with Crippen LogP contribution in [0.15, 0.2) is 117 Å². The Morgan fingerprint density at radius 3 is 0.794 bits per heavy atom. The van der Waals surface area contributed by atoms with Gasteiger partial charge in [0.05, 0.1) is 0 Å². The minimum absolute atomic E-state index is 0.107. The lowest BCUT2D eigenvalue weighted by Crippen LogP contribution is -2.24. The molecule has 0 bridgehead atoms. The van der Waals surface area contributed by atoms with E-state index in [0.717, 1.165) is 22.3 Å². The summed E-state index contributed by atoms with van der Waals surface area (Å²) in [5.74, 6) is 7.67. The number of hydrogen-bond donors (Lipinski definition) is 0. The highest BCUT2D eigenvalue weighted by Crippen LogP contribution is 2.44. The molecule has 0 heterocycles. The molecule has 0 unspecified atom stereocenters. The third-order valence-corrected chi connectivity index (χ3v) is 6.43. The van der Waals surface area contributed by atoms with Crippen LogP contribution in [0.25, 0.3) is 0 Å². The topological polar surface area (TPSA) is 68.3 Å². The van der Waals surface area contributed by atoms with E-state index in [4.69, 9.17) is 0 Å². The van der Waals surface area contributed by atoms with Gasteiger partial charge < -0.3 is 0 Å². The van der Waals surface area contributed by atoms with Crippen LogP contribution in [0.1, 0.15) is 25.7 Å². The van der Waals surface area contributed by atoms with Crippen molar-refractivity contribution in [1.82, 2.24) is 0 Å². The molecule has 0 aliphatic heterocycles. The number of hydrogen-bond acceptors (Lipinski definition) is 4. The number of carbonyl (C=O) groups excluding carboxylic acids is 4. The van der Waals surface area contributed by atoms with Crippen molar-refractivity contribution in [1.29, 1.82) is 0 Å². The van der Waals surface area contributed by atoms with Crippen molar-refractivity contribution < 1.29 is 19.2 Å². The molecular weight excluding hydrogens is 424 g/mol. The van der Waals surface area contributed by atoms with Gasteiger partial charge in [-0.2, -0.15) is 0 Å². The maximum absolute atomic E-state index is 11.1. The fourth-order valence-electron chi connectivity index (χ4n) is 4.62. The first kappa shape index (κ1) is 22.9. The van der Waals surface area contributed by atoms with Crippen LogP contribution in [0.4, 0.5) is 0 Å². The summed E-state index contributed by atoms with van der Waals surface area (Å²) in [5.41, 5.74) is 6.57. The monoisotopic (exact) mass is 446 g/mol. The second-order valence-corrected chi connectivity index (χ2v) is 8.43. The zero-order chi connectivity index (χ0) is 23.9. The predicted octanol–water partition coefficient (Wildman–Crippen LogP) is 4.80. The summed E-state index contributed by atoms with van der Waals surface area (Å²) in [6.45, 7) is 0. The van der Waals surface area contributed by atoms with E-state index in [2.05, 4.69) is 0 Å². The molecule has 0 aromatic carbocycles. The highest BCUT2D eigenvalue weighted by atomic mass is 16.1. The fourth-order valence-corrected chi connectivity index (χ4v) is 4.62. The van der Waals surface area contributed by atoms with Crippen LogP contribution in [0.3, 0.4) is 0 Å². The van der Waals surface area contributed by atoms with Gasteiger partial charge in [0, 0.05) is 59.8 Å². The van der Waals surface area contributed by atoms with Crippen LogP contribution >= 0.6 is 0 Å². The summed E-state index contributed by atoms with van der Waals surface area (Å²) in [6.07, 6.45) is 25.2. The molecule has 0 atom stereocenters. The summed E-state index contributed by atoms with van der Waals surface area (Å²) in [4.78, 5) is 44.6. The molecule has 0 N–H and O–H groups in total. The Morgan fingerprint density at radius 2 is 0.647 bits per heavy atom. The largest absolute Gasteiger partial charge is 0.233 e. The molecule has 0 amide bonds. The van der Waals surface area contributed by atoms with E-state index in [1.807, 2.05) is 72.4 Å². The molecule has 0 aromatic rings. The summed E-state index contributed by atoms with van der Waals surface area (Å²) in [6, 6.07) is 0. The van der Waals surface area contributed by atoms with E-state index >= 15 is 0 Å². The van der Waals surface area contributed by atoms with Crippen LogP contribution in [0, 0.1) is 11.8 Å². The minimum atomic E-state index is -0.107. The van der Waals surface area contributed by atoms with Gasteiger partial charge >= 0.3 is 0 Å². The first-order valence-electron chi connectivity index (χ1n) is 11.1. The van der Waals surface area contributed by atoms with E-state index in [1.165, 1.54) is 0 Å². The van der Waals surface area contributed by atoms with Crippen molar-refractivity contribution in [3.05, 3.63) is 117 Å². The van der Waals surface area contributed by atoms with Crippen LogP contribution in [0.5, 0.6) is 0 Å². The third-order valence-electron chi connectivity index (χ3n) is 6.43. The van der Waals surface area contributed by atoms with E-state index < -0.39 is 0 Å².